The minimum Gasteiger partial charge on any atom is -0.493 e. The summed E-state index contributed by atoms with van der Waals surface area (Å²) in [7, 11) is 1.42. The van der Waals surface area contributed by atoms with Crippen LogP contribution >= 0.6 is 0 Å². The van der Waals surface area contributed by atoms with Gasteiger partial charge in [0.1, 0.15) is 18.0 Å². The van der Waals surface area contributed by atoms with Crippen molar-refractivity contribution in [2.75, 3.05) is 13.9 Å². The first kappa shape index (κ1) is 29.6. The summed E-state index contributed by atoms with van der Waals surface area (Å²) in [5.41, 5.74) is -0.0243. The van der Waals surface area contributed by atoms with Crippen LogP contribution in [0, 0.1) is 11.8 Å². The van der Waals surface area contributed by atoms with Crippen molar-refractivity contribution in [1.29, 1.82) is 0 Å². The van der Waals surface area contributed by atoms with E-state index in [4.69, 9.17) is 23.7 Å². The molecule has 0 amide bonds. The monoisotopic (exact) mass is 515 g/mol. The average molecular weight is 516 g/mol. The predicted octanol–water partition coefficient (Wildman–Crippen LogP) is 5.01. The van der Waals surface area contributed by atoms with E-state index in [1.807, 2.05) is 51.1 Å². The Bertz CT molecular complexity index is 1020. The van der Waals surface area contributed by atoms with E-state index in [1.54, 1.807) is 6.92 Å². The molecule has 0 radical (unpaired) electrons. The second-order valence-electron chi connectivity index (χ2n) is 9.02. The highest BCUT2D eigenvalue weighted by Gasteiger charge is 2.32. The van der Waals surface area contributed by atoms with Crippen molar-refractivity contribution in [3.8, 4) is 17.2 Å². The predicted molar refractivity (Wildman–Crippen MR) is 137 cm³/mol. The van der Waals surface area contributed by atoms with E-state index in [1.165, 1.54) is 26.3 Å². The molecule has 0 saturated carbocycles. The van der Waals surface area contributed by atoms with Crippen LogP contribution in [-0.2, 0) is 19.1 Å². The SMILES string of the molecule is CCC[C@@H](OC(=O)[C@H](C)CC(=O)c1nccc(OC)c1OCOC(C)=O)[C@H](Oc1ccccc1)C(C)C. The molecule has 2 aromatic rings. The number of carbonyl (C=O) groups excluding carboxylic acids is 3. The maximum Gasteiger partial charge on any atom is 0.309 e. The van der Waals surface area contributed by atoms with Crippen molar-refractivity contribution in [2.45, 2.75) is 66.1 Å². The van der Waals surface area contributed by atoms with E-state index in [-0.39, 0.29) is 35.6 Å². The van der Waals surface area contributed by atoms with Gasteiger partial charge in [0.25, 0.3) is 0 Å². The van der Waals surface area contributed by atoms with E-state index in [2.05, 4.69) is 4.98 Å². The van der Waals surface area contributed by atoms with Gasteiger partial charge in [0.05, 0.1) is 13.0 Å². The van der Waals surface area contributed by atoms with Crippen LogP contribution in [0.15, 0.2) is 42.6 Å². The molecule has 9 heteroatoms. The van der Waals surface area contributed by atoms with Crippen LogP contribution in [0.25, 0.3) is 0 Å². The van der Waals surface area contributed by atoms with E-state index in [0.29, 0.717) is 12.2 Å². The molecule has 0 spiro atoms. The molecule has 1 aromatic heterocycles. The van der Waals surface area contributed by atoms with Gasteiger partial charge in [-0.15, -0.1) is 0 Å². The summed E-state index contributed by atoms with van der Waals surface area (Å²) in [6.07, 6.45) is 1.83. The van der Waals surface area contributed by atoms with Crippen LogP contribution in [0.5, 0.6) is 17.2 Å². The molecule has 2 rings (SSSR count). The number of rotatable bonds is 15. The van der Waals surface area contributed by atoms with Crippen molar-refractivity contribution < 1.29 is 38.1 Å². The van der Waals surface area contributed by atoms with Gasteiger partial charge in [-0.05, 0) is 24.5 Å². The lowest BCUT2D eigenvalue weighted by Gasteiger charge is -2.31. The highest BCUT2D eigenvalue weighted by molar-refractivity contribution is 5.99. The van der Waals surface area contributed by atoms with Crippen molar-refractivity contribution in [3.63, 3.8) is 0 Å². The molecule has 0 saturated heterocycles. The molecule has 0 unspecified atom stereocenters. The minimum absolute atomic E-state index is 0.0243. The van der Waals surface area contributed by atoms with Gasteiger partial charge in [0.15, 0.2) is 23.0 Å². The Morgan fingerprint density at radius 3 is 2.32 bits per heavy atom. The maximum atomic E-state index is 13.1. The number of para-hydroxylation sites is 1. The molecule has 0 aliphatic rings. The Labute approximate surface area is 218 Å². The smallest absolute Gasteiger partial charge is 0.309 e. The zero-order valence-electron chi connectivity index (χ0n) is 22.4. The molecule has 9 nitrogen and oxygen atoms in total. The third kappa shape index (κ3) is 9.08. The number of ether oxygens (including phenoxy) is 5. The minimum atomic E-state index is -0.745. The lowest BCUT2D eigenvalue weighted by Crippen LogP contribution is -2.40. The lowest BCUT2D eigenvalue weighted by atomic mass is 9.97. The number of esters is 2. The van der Waals surface area contributed by atoms with Gasteiger partial charge in [0, 0.05) is 25.6 Å². The summed E-state index contributed by atoms with van der Waals surface area (Å²) < 4.78 is 27.6. The number of aromatic nitrogens is 1. The molecule has 3 atom stereocenters. The van der Waals surface area contributed by atoms with Gasteiger partial charge in [-0.25, -0.2) is 4.98 Å². The van der Waals surface area contributed by atoms with Gasteiger partial charge in [-0.1, -0.05) is 52.3 Å². The van der Waals surface area contributed by atoms with Gasteiger partial charge < -0.3 is 23.7 Å². The molecule has 202 valence electrons. The summed E-state index contributed by atoms with van der Waals surface area (Å²) in [5.74, 6) is -1.14. The molecule has 0 fully saturated rings. The molecule has 37 heavy (non-hydrogen) atoms. The summed E-state index contributed by atoms with van der Waals surface area (Å²) in [5, 5.41) is 0. The fourth-order valence-corrected chi connectivity index (χ4v) is 3.70. The highest BCUT2D eigenvalue weighted by atomic mass is 16.7. The van der Waals surface area contributed by atoms with Crippen LogP contribution in [0.1, 0.15) is 64.4 Å². The van der Waals surface area contributed by atoms with Gasteiger partial charge in [0.2, 0.25) is 6.79 Å². The van der Waals surface area contributed by atoms with Crippen LogP contribution in [0.2, 0.25) is 0 Å². The lowest BCUT2D eigenvalue weighted by molar-refractivity contribution is -0.160. The largest absolute Gasteiger partial charge is 0.493 e. The van der Waals surface area contributed by atoms with Crippen LogP contribution in [0.4, 0.5) is 0 Å². The third-order valence-corrected chi connectivity index (χ3v) is 5.59. The quantitative estimate of drug-likeness (QED) is 0.183. The average Bonchev–Trinajstić information content (AvgIpc) is 2.87. The molecular formula is C28H37NO8. The van der Waals surface area contributed by atoms with Gasteiger partial charge in [-0.3, -0.25) is 14.4 Å². The van der Waals surface area contributed by atoms with E-state index in [9.17, 15) is 14.4 Å². The molecule has 0 N–H and O–H groups in total. The van der Waals surface area contributed by atoms with Crippen molar-refractivity contribution in [1.82, 2.24) is 4.98 Å². The molecule has 0 bridgehead atoms. The van der Waals surface area contributed by atoms with Crippen LogP contribution in [-0.4, -0.2) is 48.8 Å². The number of hydrogen-bond donors (Lipinski definition) is 0. The number of nitrogens with zero attached hydrogens (tertiary/aromatic N) is 1. The molecule has 0 aliphatic carbocycles. The van der Waals surface area contributed by atoms with Gasteiger partial charge in [-0.2, -0.15) is 0 Å². The normalized spacial score (nSPS) is 13.3. The number of benzene rings is 1. The van der Waals surface area contributed by atoms with Crippen molar-refractivity contribution in [2.24, 2.45) is 11.8 Å². The first-order chi connectivity index (χ1) is 17.7. The zero-order chi connectivity index (χ0) is 27.4. The molecule has 1 heterocycles. The standard InChI is InChI=1S/C28H37NO8/c1-7-11-24(26(18(2)3)36-21-12-9-8-10-13-21)37-28(32)19(4)16-22(31)25-27(35-17-34-20(5)30)23(33-6)14-15-29-25/h8-10,12-15,18-19,24,26H,7,11,16-17H2,1-6H3/t19-,24-,26-/m1/s1. The summed E-state index contributed by atoms with van der Waals surface area (Å²) in [4.78, 5) is 41.4. The van der Waals surface area contributed by atoms with Crippen LogP contribution in [0.3, 0.4) is 0 Å². The Hall–Kier alpha value is -3.62. The van der Waals surface area contributed by atoms with E-state index >= 15 is 0 Å². The first-order valence-electron chi connectivity index (χ1n) is 12.4. The van der Waals surface area contributed by atoms with Crippen molar-refractivity contribution in [3.05, 3.63) is 48.3 Å². The highest BCUT2D eigenvalue weighted by Crippen LogP contribution is 2.31. The fourth-order valence-electron chi connectivity index (χ4n) is 3.70. The second-order valence-corrected chi connectivity index (χ2v) is 9.02. The number of hydrogen-bond acceptors (Lipinski definition) is 9. The summed E-state index contributed by atoms with van der Waals surface area (Å²) in [6.45, 7) is 8.51. The molecule has 0 aliphatic heterocycles. The zero-order valence-corrected chi connectivity index (χ0v) is 22.4. The molecular weight excluding hydrogens is 478 g/mol. The van der Waals surface area contributed by atoms with E-state index < -0.39 is 36.5 Å². The number of methoxy groups -OCH3 is 1. The van der Waals surface area contributed by atoms with Crippen LogP contribution < -0.4 is 14.2 Å². The number of ketones is 1. The second kappa shape index (κ2) is 14.8. The molecule has 1 aromatic carbocycles. The third-order valence-electron chi connectivity index (χ3n) is 5.59. The van der Waals surface area contributed by atoms with Gasteiger partial charge >= 0.3 is 11.9 Å². The summed E-state index contributed by atoms with van der Waals surface area (Å²) in [6, 6.07) is 10.9. The Kier molecular flexibility index (Phi) is 11.9. The summed E-state index contributed by atoms with van der Waals surface area (Å²) >= 11 is 0. The maximum absolute atomic E-state index is 13.1. The number of carbonyl (C=O) groups is 3. The van der Waals surface area contributed by atoms with Crippen molar-refractivity contribution >= 4 is 17.7 Å². The fraction of sp³-hybridized carbons (Fsp3) is 0.500. The number of Topliss-reactive ketones (excluding diaryl/α,β-unsaturated/α-hetero) is 1. The Balaban J connectivity index is 2.13. The topological polar surface area (TPSA) is 110 Å². The first-order valence-corrected chi connectivity index (χ1v) is 12.4. The Morgan fingerprint density at radius 2 is 1.73 bits per heavy atom. The van der Waals surface area contributed by atoms with E-state index in [0.717, 1.165) is 6.42 Å². The number of pyridine rings is 1. The Morgan fingerprint density at radius 1 is 1.03 bits per heavy atom.